The highest BCUT2D eigenvalue weighted by Gasteiger charge is 2.39. The molecular weight excluding hydrogens is 312 g/mol. The normalized spacial score (nSPS) is 23.2. The summed E-state index contributed by atoms with van der Waals surface area (Å²) >= 11 is 3.50. The van der Waals surface area contributed by atoms with Gasteiger partial charge in [-0.15, -0.1) is 0 Å². The third-order valence-corrected chi connectivity index (χ3v) is 5.23. The first-order chi connectivity index (χ1) is 9.46. The molecule has 1 aromatic carbocycles. The Kier molecular flexibility index (Phi) is 5.27. The lowest BCUT2D eigenvalue weighted by Gasteiger charge is -2.43. The van der Waals surface area contributed by atoms with Crippen LogP contribution in [0.5, 0.6) is 0 Å². The molecule has 3 heteroatoms. The van der Waals surface area contributed by atoms with E-state index in [-0.39, 0.29) is 5.54 Å². The summed E-state index contributed by atoms with van der Waals surface area (Å²) in [6, 6.07) is 9.34. The predicted molar refractivity (Wildman–Crippen MR) is 89.9 cm³/mol. The maximum absolute atomic E-state index is 6.18. The van der Waals surface area contributed by atoms with Crippen molar-refractivity contribution in [1.29, 1.82) is 0 Å². The van der Waals surface area contributed by atoms with Crippen LogP contribution in [0.4, 0.5) is 0 Å². The van der Waals surface area contributed by atoms with Crippen molar-refractivity contribution in [3.05, 3.63) is 34.3 Å². The van der Waals surface area contributed by atoms with E-state index in [1.54, 1.807) is 0 Å². The van der Waals surface area contributed by atoms with Crippen LogP contribution in [0, 0.1) is 5.92 Å². The molecule has 0 saturated carbocycles. The van der Waals surface area contributed by atoms with Crippen LogP contribution >= 0.6 is 15.9 Å². The zero-order chi connectivity index (χ0) is 14.8. The van der Waals surface area contributed by atoms with E-state index in [1.165, 1.54) is 24.9 Å². The molecule has 1 heterocycles. The first-order valence-electron chi connectivity index (χ1n) is 7.67. The summed E-state index contributed by atoms with van der Waals surface area (Å²) in [6.07, 6.45) is 3.65. The van der Waals surface area contributed by atoms with E-state index in [9.17, 15) is 0 Å². The van der Waals surface area contributed by atoms with Gasteiger partial charge in [0, 0.05) is 22.6 Å². The van der Waals surface area contributed by atoms with Gasteiger partial charge in [0.2, 0.25) is 0 Å². The number of halogens is 1. The Hall–Kier alpha value is -0.380. The van der Waals surface area contributed by atoms with E-state index in [1.807, 2.05) is 0 Å². The van der Waals surface area contributed by atoms with E-state index < -0.39 is 0 Å². The number of hydrogen-bond donors (Lipinski definition) is 1. The minimum atomic E-state index is 0.0687. The van der Waals surface area contributed by atoms with Gasteiger partial charge in [0.15, 0.2) is 0 Å². The number of nitrogens with zero attached hydrogens (tertiary/aromatic N) is 1. The molecule has 2 N–H and O–H groups in total. The molecule has 2 nitrogen and oxygen atoms in total. The summed E-state index contributed by atoms with van der Waals surface area (Å²) in [4.78, 5) is 2.67. The lowest BCUT2D eigenvalue weighted by Crippen LogP contribution is -2.56. The molecule has 2 rings (SSSR count). The van der Waals surface area contributed by atoms with E-state index in [0.717, 1.165) is 10.9 Å². The molecule has 1 aliphatic rings. The second-order valence-corrected chi connectivity index (χ2v) is 7.57. The zero-order valence-electron chi connectivity index (χ0n) is 12.9. The lowest BCUT2D eigenvalue weighted by molar-refractivity contribution is 0.0736. The minimum Gasteiger partial charge on any atom is -0.329 e. The van der Waals surface area contributed by atoms with Gasteiger partial charge in [-0.25, -0.2) is 0 Å². The highest BCUT2D eigenvalue weighted by molar-refractivity contribution is 9.10. The Bertz CT molecular complexity index is 429. The molecule has 2 unspecified atom stereocenters. The molecule has 112 valence electrons. The summed E-state index contributed by atoms with van der Waals surface area (Å²) in [5, 5.41) is 0. The number of likely N-dealkylation sites (tertiary alicyclic amines) is 1. The molecule has 0 bridgehead atoms. The maximum Gasteiger partial charge on any atom is 0.0346 e. The predicted octanol–water partition coefficient (Wildman–Crippen LogP) is 3.83. The molecule has 0 amide bonds. The third-order valence-electron chi connectivity index (χ3n) is 4.70. The monoisotopic (exact) mass is 338 g/mol. The Morgan fingerprint density at radius 3 is 2.55 bits per heavy atom. The SMILES string of the molecule is CC(C)C1CCCN1C(C)(CN)Cc1ccc(Br)cc1. The second-order valence-electron chi connectivity index (χ2n) is 6.65. The van der Waals surface area contributed by atoms with Crippen LogP contribution < -0.4 is 5.73 Å². The molecular formula is C17H27BrN2. The van der Waals surface area contributed by atoms with Gasteiger partial charge in [-0.1, -0.05) is 41.9 Å². The molecule has 0 aromatic heterocycles. The highest BCUT2D eigenvalue weighted by Crippen LogP contribution is 2.32. The van der Waals surface area contributed by atoms with Crippen LogP contribution in [0.2, 0.25) is 0 Å². The first kappa shape index (κ1) is 16.0. The van der Waals surface area contributed by atoms with Gasteiger partial charge in [-0.2, -0.15) is 0 Å². The molecule has 0 aliphatic carbocycles. The quantitative estimate of drug-likeness (QED) is 0.883. The molecule has 1 aliphatic heterocycles. The average molecular weight is 339 g/mol. The summed E-state index contributed by atoms with van der Waals surface area (Å²) in [5.41, 5.74) is 7.62. The molecule has 1 saturated heterocycles. The van der Waals surface area contributed by atoms with E-state index in [2.05, 4.69) is 65.9 Å². The largest absolute Gasteiger partial charge is 0.329 e. The topological polar surface area (TPSA) is 29.3 Å². The minimum absolute atomic E-state index is 0.0687. The van der Waals surface area contributed by atoms with Crippen molar-refractivity contribution >= 4 is 15.9 Å². The van der Waals surface area contributed by atoms with Crippen LogP contribution in [-0.4, -0.2) is 29.6 Å². The molecule has 0 spiro atoms. The number of benzene rings is 1. The van der Waals surface area contributed by atoms with Crippen molar-refractivity contribution in [1.82, 2.24) is 4.90 Å². The van der Waals surface area contributed by atoms with E-state index in [0.29, 0.717) is 18.5 Å². The third kappa shape index (κ3) is 3.44. The van der Waals surface area contributed by atoms with E-state index >= 15 is 0 Å². The Labute approximate surface area is 131 Å². The van der Waals surface area contributed by atoms with Crippen molar-refractivity contribution in [3.8, 4) is 0 Å². The van der Waals surface area contributed by atoms with Crippen molar-refractivity contribution < 1.29 is 0 Å². The second kappa shape index (κ2) is 6.59. The lowest BCUT2D eigenvalue weighted by atomic mass is 9.88. The van der Waals surface area contributed by atoms with Gasteiger partial charge in [0.25, 0.3) is 0 Å². The van der Waals surface area contributed by atoms with Crippen molar-refractivity contribution in [3.63, 3.8) is 0 Å². The van der Waals surface area contributed by atoms with Gasteiger partial charge in [0.1, 0.15) is 0 Å². The molecule has 1 aromatic rings. The summed E-state index contributed by atoms with van der Waals surface area (Å²) < 4.78 is 1.14. The summed E-state index contributed by atoms with van der Waals surface area (Å²) in [7, 11) is 0. The van der Waals surface area contributed by atoms with Gasteiger partial charge in [0.05, 0.1) is 0 Å². The number of hydrogen-bond acceptors (Lipinski definition) is 2. The van der Waals surface area contributed by atoms with Crippen LogP contribution in [-0.2, 0) is 6.42 Å². The molecule has 1 fully saturated rings. The number of nitrogens with two attached hydrogens (primary N) is 1. The molecule has 20 heavy (non-hydrogen) atoms. The zero-order valence-corrected chi connectivity index (χ0v) is 14.5. The van der Waals surface area contributed by atoms with Gasteiger partial charge >= 0.3 is 0 Å². The van der Waals surface area contributed by atoms with E-state index in [4.69, 9.17) is 5.73 Å². The van der Waals surface area contributed by atoms with Crippen LogP contribution in [0.15, 0.2) is 28.7 Å². The van der Waals surface area contributed by atoms with Gasteiger partial charge in [-0.05, 0) is 56.3 Å². The van der Waals surface area contributed by atoms with Crippen molar-refractivity contribution in [2.75, 3.05) is 13.1 Å². The Balaban J connectivity index is 2.17. The summed E-state index contributed by atoms with van der Waals surface area (Å²) in [6.45, 7) is 8.90. The fourth-order valence-corrected chi connectivity index (χ4v) is 3.75. The fraction of sp³-hybridized carbons (Fsp3) is 0.647. The fourth-order valence-electron chi connectivity index (χ4n) is 3.49. The number of rotatable bonds is 5. The van der Waals surface area contributed by atoms with Crippen LogP contribution in [0.3, 0.4) is 0 Å². The Morgan fingerprint density at radius 1 is 1.35 bits per heavy atom. The smallest absolute Gasteiger partial charge is 0.0346 e. The first-order valence-corrected chi connectivity index (χ1v) is 8.47. The maximum atomic E-state index is 6.18. The molecule has 2 atom stereocenters. The summed E-state index contributed by atoms with van der Waals surface area (Å²) in [5.74, 6) is 0.702. The Morgan fingerprint density at radius 2 is 2.00 bits per heavy atom. The highest BCUT2D eigenvalue weighted by atomic mass is 79.9. The van der Waals surface area contributed by atoms with Crippen LogP contribution in [0.25, 0.3) is 0 Å². The van der Waals surface area contributed by atoms with Crippen molar-refractivity contribution in [2.24, 2.45) is 11.7 Å². The van der Waals surface area contributed by atoms with Gasteiger partial charge < -0.3 is 5.73 Å². The van der Waals surface area contributed by atoms with Gasteiger partial charge in [-0.3, -0.25) is 4.90 Å². The standard InChI is InChI=1S/C17H27BrN2/c1-13(2)16-5-4-10-20(16)17(3,12-19)11-14-6-8-15(18)9-7-14/h6-9,13,16H,4-5,10-12,19H2,1-3H3. The average Bonchev–Trinajstić information content (AvgIpc) is 2.91. The van der Waals surface area contributed by atoms with Crippen LogP contribution in [0.1, 0.15) is 39.2 Å². The van der Waals surface area contributed by atoms with Crippen molar-refractivity contribution in [2.45, 2.75) is 51.6 Å². The molecule has 0 radical (unpaired) electrons.